The molecule has 0 aliphatic rings. The minimum absolute atomic E-state index is 0.000995. The van der Waals surface area contributed by atoms with Gasteiger partial charge in [-0.15, -0.1) is 6.58 Å². The summed E-state index contributed by atoms with van der Waals surface area (Å²) in [7, 11) is 0. The highest BCUT2D eigenvalue weighted by Crippen LogP contribution is 2.30. The van der Waals surface area contributed by atoms with E-state index in [0.29, 0.717) is 0 Å². The van der Waals surface area contributed by atoms with Crippen molar-refractivity contribution in [3.05, 3.63) is 12.7 Å². The van der Waals surface area contributed by atoms with Crippen LogP contribution in [0.1, 0.15) is 27.7 Å². The molecule has 1 nitrogen and oxygen atoms in total. The largest absolute Gasteiger partial charge is 0.287 e. The third-order valence-electron chi connectivity index (χ3n) is 1.71. The van der Waals surface area contributed by atoms with Gasteiger partial charge in [-0.1, -0.05) is 45.5 Å². The number of thioether (sulfide) groups is 1. The number of hydrogen-bond acceptors (Lipinski definition) is 2. The van der Waals surface area contributed by atoms with Crippen molar-refractivity contribution in [1.82, 2.24) is 0 Å². The Bertz CT molecular complexity index is 167. The van der Waals surface area contributed by atoms with Crippen molar-refractivity contribution in [2.24, 2.45) is 11.3 Å². The van der Waals surface area contributed by atoms with Gasteiger partial charge in [0, 0.05) is 0 Å². The van der Waals surface area contributed by atoms with Gasteiger partial charge in [-0.05, 0) is 11.2 Å². The Morgan fingerprint density at radius 3 is 2.33 bits per heavy atom. The number of allylic oxidation sites excluding steroid dienone is 1. The smallest absolute Gasteiger partial charge is 0.196 e. The highest BCUT2D eigenvalue weighted by Gasteiger charge is 2.27. The maximum Gasteiger partial charge on any atom is 0.196 e. The van der Waals surface area contributed by atoms with Crippen molar-refractivity contribution in [3.8, 4) is 0 Å². The van der Waals surface area contributed by atoms with Gasteiger partial charge in [-0.2, -0.15) is 0 Å². The van der Waals surface area contributed by atoms with Gasteiger partial charge >= 0.3 is 0 Å². The van der Waals surface area contributed by atoms with Crippen LogP contribution in [0.2, 0.25) is 0 Å². The van der Waals surface area contributed by atoms with Crippen LogP contribution in [-0.2, 0) is 4.79 Å². The van der Waals surface area contributed by atoms with Gasteiger partial charge in [0.2, 0.25) is 0 Å². The van der Waals surface area contributed by atoms with Crippen molar-refractivity contribution in [1.29, 1.82) is 0 Å². The summed E-state index contributed by atoms with van der Waals surface area (Å²) < 4.78 is 0. The van der Waals surface area contributed by atoms with E-state index in [1.807, 2.05) is 6.92 Å². The summed E-state index contributed by atoms with van der Waals surface area (Å²) >= 11 is 1.38. The fourth-order valence-electron chi connectivity index (χ4n) is 1.04. The topological polar surface area (TPSA) is 17.1 Å². The van der Waals surface area contributed by atoms with E-state index in [4.69, 9.17) is 0 Å². The molecule has 0 bridgehead atoms. The van der Waals surface area contributed by atoms with Crippen molar-refractivity contribution in [3.63, 3.8) is 0 Å². The Balaban J connectivity index is 4.35. The van der Waals surface area contributed by atoms with Crippen molar-refractivity contribution >= 4 is 16.9 Å². The molecule has 0 aliphatic heterocycles. The Morgan fingerprint density at radius 2 is 2.08 bits per heavy atom. The molecule has 0 spiro atoms. The molecular weight excluding hydrogens is 168 g/mol. The summed E-state index contributed by atoms with van der Waals surface area (Å²) in [6.45, 7) is 11.9. The summed E-state index contributed by atoms with van der Waals surface area (Å²) in [5.74, 6) is 0.821. The van der Waals surface area contributed by atoms with E-state index < -0.39 is 0 Å². The standard InChI is InChI=1S/C10H18OS/c1-6-8(10(3,4)5)9(11)12-7-2/h6,8H,1,7H2,2-5H3. The molecule has 2 heteroatoms. The molecule has 0 aromatic carbocycles. The molecule has 0 saturated heterocycles. The van der Waals surface area contributed by atoms with E-state index in [-0.39, 0.29) is 16.4 Å². The molecule has 0 aromatic heterocycles. The average molecular weight is 186 g/mol. The van der Waals surface area contributed by atoms with Gasteiger partial charge in [0.25, 0.3) is 0 Å². The van der Waals surface area contributed by atoms with E-state index in [9.17, 15) is 4.79 Å². The van der Waals surface area contributed by atoms with Crippen LogP contribution in [0.25, 0.3) is 0 Å². The second-order valence-corrected chi connectivity index (χ2v) is 5.10. The third-order valence-corrected chi connectivity index (χ3v) is 2.54. The highest BCUT2D eigenvalue weighted by atomic mass is 32.2. The molecule has 0 aliphatic carbocycles. The Morgan fingerprint density at radius 1 is 1.58 bits per heavy atom. The van der Waals surface area contributed by atoms with Crippen LogP contribution in [0, 0.1) is 11.3 Å². The van der Waals surface area contributed by atoms with Crippen molar-refractivity contribution < 1.29 is 4.79 Å². The van der Waals surface area contributed by atoms with Crippen LogP contribution in [0.5, 0.6) is 0 Å². The molecule has 70 valence electrons. The van der Waals surface area contributed by atoms with Gasteiger partial charge < -0.3 is 0 Å². The van der Waals surface area contributed by atoms with Crippen LogP contribution < -0.4 is 0 Å². The van der Waals surface area contributed by atoms with Crippen LogP contribution in [-0.4, -0.2) is 10.9 Å². The lowest BCUT2D eigenvalue weighted by molar-refractivity contribution is -0.115. The fraction of sp³-hybridized carbons (Fsp3) is 0.700. The highest BCUT2D eigenvalue weighted by molar-refractivity contribution is 8.13. The molecule has 0 fully saturated rings. The first-order chi connectivity index (χ1) is 5.43. The van der Waals surface area contributed by atoms with Gasteiger partial charge in [0.1, 0.15) is 0 Å². The van der Waals surface area contributed by atoms with E-state index in [1.165, 1.54) is 11.8 Å². The van der Waals surface area contributed by atoms with Crippen LogP contribution in [0.4, 0.5) is 0 Å². The zero-order valence-electron chi connectivity index (χ0n) is 8.39. The monoisotopic (exact) mass is 186 g/mol. The first-order valence-electron chi connectivity index (χ1n) is 4.22. The normalized spacial score (nSPS) is 14.0. The minimum Gasteiger partial charge on any atom is -0.287 e. The van der Waals surface area contributed by atoms with E-state index in [2.05, 4.69) is 27.4 Å². The average Bonchev–Trinajstić information content (AvgIpc) is 1.85. The molecule has 0 radical (unpaired) electrons. The van der Waals surface area contributed by atoms with Gasteiger partial charge in [-0.3, -0.25) is 4.79 Å². The predicted molar refractivity (Wildman–Crippen MR) is 56.3 cm³/mol. The first-order valence-corrected chi connectivity index (χ1v) is 5.21. The van der Waals surface area contributed by atoms with Crippen LogP contribution in [0.15, 0.2) is 12.7 Å². The van der Waals surface area contributed by atoms with Gasteiger partial charge in [0.05, 0.1) is 5.92 Å². The lowest BCUT2D eigenvalue weighted by Gasteiger charge is -2.25. The Kier molecular flexibility index (Phi) is 4.61. The summed E-state index contributed by atoms with van der Waals surface area (Å²) in [5.41, 5.74) is 0.000995. The number of carbonyl (C=O) groups excluding carboxylic acids is 1. The van der Waals surface area contributed by atoms with Crippen molar-refractivity contribution in [2.75, 3.05) is 5.75 Å². The van der Waals surface area contributed by atoms with Crippen molar-refractivity contribution in [2.45, 2.75) is 27.7 Å². The Labute approximate surface area is 79.6 Å². The minimum atomic E-state index is -0.0255. The quantitative estimate of drug-likeness (QED) is 0.630. The molecule has 0 heterocycles. The zero-order chi connectivity index (χ0) is 9.78. The molecular formula is C10H18OS. The van der Waals surface area contributed by atoms with Crippen LogP contribution >= 0.6 is 11.8 Å². The lowest BCUT2D eigenvalue weighted by Crippen LogP contribution is -2.24. The molecule has 0 saturated carbocycles. The number of carbonyl (C=O) groups is 1. The molecule has 1 atom stereocenters. The fourth-order valence-corrected chi connectivity index (χ4v) is 1.95. The number of rotatable bonds is 3. The van der Waals surface area contributed by atoms with E-state index in [0.717, 1.165) is 5.75 Å². The Hall–Kier alpha value is -0.240. The summed E-state index contributed by atoms with van der Waals surface area (Å²) in [5, 5.41) is 0.236. The van der Waals surface area contributed by atoms with E-state index in [1.54, 1.807) is 6.08 Å². The molecule has 12 heavy (non-hydrogen) atoms. The number of hydrogen-bond donors (Lipinski definition) is 0. The third kappa shape index (κ3) is 3.44. The molecule has 1 unspecified atom stereocenters. The van der Waals surface area contributed by atoms with Crippen LogP contribution in [0.3, 0.4) is 0 Å². The van der Waals surface area contributed by atoms with Gasteiger partial charge in [0.15, 0.2) is 5.12 Å². The second kappa shape index (κ2) is 4.70. The summed E-state index contributed by atoms with van der Waals surface area (Å²) in [4.78, 5) is 11.5. The SMILES string of the molecule is C=CC(C(=O)SCC)C(C)(C)C. The summed E-state index contributed by atoms with van der Waals surface area (Å²) in [6, 6.07) is 0. The molecule has 0 aromatic rings. The first kappa shape index (κ1) is 11.8. The second-order valence-electron chi connectivity index (χ2n) is 3.83. The molecule has 0 rings (SSSR count). The zero-order valence-corrected chi connectivity index (χ0v) is 9.20. The van der Waals surface area contributed by atoms with Gasteiger partial charge in [-0.25, -0.2) is 0 Å². The maximum absolute atomic E-state index is 11.5. The maximum atomic E-state index is 11.5. The van der Waals surface area contributed by atoms with E-state index >= 15 is 0 Å². The predicted octanol–water partition coefficient (Wildman–Crippen LogP) is 3.11. The molecule has 0 amide bonds. The summed E-state index contributed by atoms with van der Waals surface area (Å²) in [6.07, 6.45) is 1.75. The molecule has 0 N–H and O–H groups in total. The lowest BCUT2D eigenvalue weighted by atomic mass is 9.82.